The van der Waals surface area contributed by atoms with E-state index in [1.807, 2.05) is 26.0 Å². The molecule has 3 N–H and O–H groups in total. The lowest BCUT2D eigenvalue weighted by atomic mass is 9.87. The molecule has 176 valence electrons. The maximum Gasteiger partial charge on any atom is 0.234 e. The van der Waals surface area contributed by atoms with Crippen molar-refractivity contribution in [3.63, 3.8) is 0 Å². The molecular formula is C24H31N5O3S. The number of aromatic nitrogens is 3. The second-order valence-electron chi connectivity index (χ2n) is 8.37. The van der Waals surface area contributed by atoms with Crippen molar-refractivity contribution in [1.82, 2.24) is 14.9 Å². The number of carbonyl (C=O) groups excluding carboxylic acids is 1. The third-order valence-corrected chi connectivity index (χ3v) is 5.78. The summed E-state index contributed by atoms with van der Waals surface area (Å²) in [6.45, 7) is 11.3. The highest BCUT2D eigenvalue weighted by Crippen LogP contribution is 2.31. The lowest BCUT2D eigenvalue weighted by Crippen LogP contribution is -2.16. The Hall–Kier alpha value is -3.20. The van der Waals surface area contributed by atoms with Crippen molar-refractivity contribution in [1.29, 1.82) is 0 Å². The molecule has 0 aliphatic heterocycles. The van der Waals surface area contributed by atoms with Crippen LogP contribution in [-0.4, -0.2) is 39.7 Å². The molecule has 0 atom stereocenters. The minimum Gasteiger partial charge on any atom is -0.490 e. The van der Waals surface area contributed by atoms with Gasteiger partial charge in [-0.15, -0.1) is 10.2 Å². The van der Waals surface area contributed by atoms with Gasteiger partial charge in [-0.25, -0.2) is 4.68 Å². The predicted octanol–water partition coefficient (Wildman–Crippen LogP) is 4.48. The van der Waals surface area contributed by atoms with Crippen LogP contribution in [0.2, 0.25) is 0 Å². The Labute approximate surface area is 198 Å². The van der Waals surface area contributed by atoms with E-state index >= 15 is 0 Å². The monoisotopic (exact) mass is 469 g/mol. The van der Waals surface area contributed by atoms with E-state index in [4.69, 9.17) is 15.3 Å². The van der Waals surface area contributed by atoms with Crippen molar-refractivity contribution in [3.8, 4) is 22.9 Å². The summed E-state index contributed by atoms with van der Waals surface area (Å²) in [4.78, 5) is 12.5. The van der Waals surface area contributed by atoms with E-state index in [0.29, 0.717) is 41.4 Å². The van der Waals surface area contributed by atoms with Crippen LogP contribution in [0.3, 0.4) is 0 Å². The Morgan fingerprint density at radius 2 is 1.70 bits per heavy atom. The number of nitrogens with one attached hydrogen (secondary N) is 1. The molecule has 1 amide bonds. The number of benzene rings is 2. The van der Waals surface area contributed by atoms with Gasteiger partial charge in [0.25, 0.3) is 0 Å². The number of carbonyl (C=O) groups is 1. The minimum atomic E-state index is -0.189. The highest BCUT2D eigenvalue weighted by Gasteiger charge is 2.17. The zero-order chi connectivity index (χ0) is 24.0. The highest BCUT2D eigenvalue weighted by molar-refractivity contribution is 7.99. The third-order valence-electron chi connectivity index (χ3n) is 4.83. The van der Waals surface area contributed by atoms with E-state index in [1.165, 1.54) is 22.0 Å². The fourth-order valence-corrected chi connectivity index (χ4v) is 3.80. The van der Waals surface area contributed by atoms with E-state index in [9.17, 15) is 4.79 Å². The first-order chi connectivity index (χ1) is 15.7. The van der Waals surface area contributed by atoms with Crippen LogP contribution in [0.1, 0.15) is 40.2 Å². The molecule has 33 heavy (non-hydrogen) atoms. The molecule has 0 saturated heterocycles. The summed E-state index contributed by atoms with van der Waals surface area (Å²) in [5, 5.41) is 11.7. The molecule has 0 unspecified atom stereocenters. The van der Waals surface area contributed by atoms with Gasteiger partial charge in [0.1, 0.15) is 0 Å². The van der Waals surface area contributed by atoms with Crippen LogP contribution in [0.25, 0.3) is 11.4 Å². The molecule has 0 aliphatic rings. The van der Waals surface area contributed by atoms with Crippen molar-refractivity contribution >= 4 is 23.4 Å². The summed E-state index contributed by atoms with van der Waals surface area (Å²) < 4.78 is 12.6. The smallest absolute Gasteiger partial charge is 0.234 e. The van der Waals surface area contributed by atoms with E-state index in [-0.39, 0.29) is 17.1 Å². The Bertz CT molecular complexity index is 1090. The highest BCUT2D eigenvalue weighted by atomic mass is 32.2. The molecule has 8 nitrogen and oxygen atoms in total. The molecule has 0 spiro atoms. The predicted molar refractivity (Wildman–Crippen MR) is 132 cm³/mol. The lowest BCUT2D eigenvalue weighted by Gasteiger charge is -2.19. The van der Waals surface area contributed by atoms with Gasteiger partial charge in [-0.2, -0.15) is 0 Å². The van der Waals surface area contributed by atoms with Crippen LogP contribution in [0.4, 0.5) is 5.69 Å². The summed E-state index contributed by atoms with van der Waals surface area (Å²) in [5.74, 6) is 7.93. The second-order valence-corrected chi connectivity index (χ2v) is 9.31. The number of ether oxygens (including phenoxy) is 2. The van der Waals surface area contributed by atoms with Gasteiger partial charge in [0.2, 0.25) is 11.1 Å². The van der Waals surface area contributed by atoms with Crippen molar-refractivity contribution in [2.75, 3.05) is 30.1 Å². The maximum absolute atomic E-state index is 12.5. The van der Waals surface area contributed by atoms with Gasteiger partial charge in [-0.05, 0) is 37.0 Å². The lowest BCUT2D eigenvalue weighted by molar-refractivity contribution is -0.113. The van der Waals surface area contributed by atoms with Gasteiger partial charge in [-0.3, -0.25) is 4.79 Å². The molecule has 0 radical (unpaired) electrons. The Morgan fingerprint density at radius 1 is 1.03 bits per heavy atom. The Balaban J connectivity index is 1.63. The summed E-state index contributed by atoms with van der Waals surface area (Å²) >= 11 is 1.22. The van der Waals surface area contributed by atoms with Crippen molar-refractivity contribution in [3.05, 3.63) is 48.0 Å². The zero-order valence-electron chi connectivity index (χ0n) is 19.7. The Kier molecular flexibility index (Phi) is 7.86. The molecule has 0 fully saturated rings. The van der Waals surface area contributed by atoms with Crippen LogP contribution < -0.4 is 20.6 Å². The van der Waals surface area contributed by atoms with Gasteiger partial charge in [0.15, 0.2) is 17.3 Å². The number of nitrogen functional groups attached to an aromatic ring is 1. The van der Waals surface area contributed by atoms with Crippen LogP contribution in [0.5, 0.6) is 11.5 Å². The molecule has 9 heteroatoms. The maximum atomic E-state index is 12.5. The average molecular weight is 470 g/mol. The molecule has 0 saturated carbocycles. The first kappa shape index (κ1) is 24.4. The van der Waals surface area contributed by atoms with E-state index < -0.39 is 0 Å². The van der Waals surface area contributed by atoms with Gasteiger partial charge < -0.3 is 20.6 Å². The van der Waals surface area contributed by atoms with Crippen molar-refractivity contribution < 1.29 is 14.3 Å². The molecule has 3 rings (SSSR count). The van der Waals surface area contributed by atoms with Gasteiger partial charge in [-0.1, -0.05) is 56.8 Å². The number of hydrogen-bond donors (Lipinski definition) is 2. The van der Waals surface area contributed by atoms with Gasteiger partial charge in [0, 0.05) is 17.3 Å². The van der Waals surface area contributed by atoms with Gasteiger partial charge >= 0.3 is 0 Å². The first-order valence-electron chi connectivity index (χ1n) is 10.9. The first-order valence-corrected chi connectivity index (χ1v) is 11.8. The molecule has 0 aliphatic carbocycles. The standard InChI is InChI=1S/C24H31N5O3S/c1-6-31-19-13-12-18(14-20(19)32-7-2)26-21(30)15-33-23-28-27-22(29(23)25)16-8-10-17(11-9-16)24(3,4)5/h8-14H,6-7,15,25H2,1-5H3,(H,26,30). The fourth-order valence-electron chi connectivity index (χ4n) is 3.15. The molecule has 2 aromatic carbocycles. The fraction of sp³-hybridized carbons (Fsp3) is 0.375. The summed E-state index contributed by atoms with van der Waals surface area (Å²) in [6, 6.07) is 13.4. The topological polar surface area (TPSA) is 104 Å². The average Bonchev–Trinajstić information content (AvgIpc) is 3.14. The summed E-state index contributed by atoms with van der Waals surface area (Å²) in [6.07, 6.45) is 0. The van der Waals surface area contributed by atoms with E-state index in [0.717, 1.165) is 5.56 Å². The van der Waals surface area contributed by atoms with Crippen LogP contribution in [0.15, 0.2) is 47.6 Å². The molecular weight excluding hydrogens is 438 g/mol. The van der Waals surface area contributed by atoms with Crippen molar-refractivity contribution in [2.24, 2.45) is 0 Å². The van der Waals surface area contributed by atoms with E-state index in [2.05, 4.69) is 48.4 Å². The number of amides is 1. The van der Waals surface area contributed by atoms with E-state index in [1.54, 1.807) is 18.2 Å². The number of nitrogens with two attached hydrogens (primary N) is 1. The van der Waals surface area contributed by atoms with Crippen LogP contribution in [-0.2, 0) is 10.2 Å². The van der Waals surface area contributed by atoms with Gasteiger partial charge in [0.05, 0.1) is 19.0 Å². The number of hydrogen-bond acceptors (Lipinski definition) is 7. The third kappa shape index (κ3) is 6.19. The second kappa shape index (κ2) is 10.6. The van der Waals surface area contributed by atoms with Crippen LogP contribution in [0, 0.1) is 0 Å². The minimum absolute atomic E-state index is 0.0655. The normalized spacial score (nSPS) is 11.3. The van der Waals surface area contributed by atoms with Crippen molar-refractivity contribution in [2.45, 2.75) is 45.2 Å². The number of nitrogens with zero attached hydrogens (tertiary/aromatic N) is 3. The number of rotatable bonds is 9. The summed E-state index contributed by atoms with van der Waals surface area (Å²) in [7, 11) is 0. The SMILES string of the molecule is CCOc1ccc(NC(=O)CSc2nnc(-c3ccc(C(C)(C)C)cc3)n2N)cc1OCC. The largest absolute Gasteiger partial charge is 0.490 e. The quantitative estimate of drug-likeness (QED) is 0.352. The Morgan fingerprint density at radius 3 is 2.33 bits per heavy atom. The molecule has 1 aromatic heterocycles. The zero-order valence-corrected chi connectivity index (χ0v) is 20.5. The van der Waals surface area contributed by atoms with Crippen LogP contribution >= 0.6 is 11.8 Å². The summed E-state index contributed by atoms with van der Waals surface area (Å²) in [5.41, 5.74) is 2.78. The molecule has 0 bridgehead atoms. The molecule has 1 heterocycles. The number of thioether (sulfide) groups is 1. The number of anilines is 1. The molecule has 3 aromatic rings.